The summed E-state index contributed by atoms with van der Waals surface area (Å²) in [6.07, 6.45) is 0.0830. The normalized spacial score (nSPS) is 20.1. The Kier molecular flexibility index (Phi) is 6.06. The molecule has 0 aromatic heterocycles. The highest BCUT2D eigenvalue weighted by Crippen LogP contribution is 2.25. The van der Waals surface area contributed by atoms with Crippen molar-refractivity contribution in [2.45, 2.75) is 20.0 Å². The molecule has 5 heteroatoms. The van der Waals surface area contributed by atoms with Gasteiger partial charge in [0, 0.05) is 13.6 Å². The maximum Gasteiger partial charge on any atom is 0.191 e. The molecule has 0 aliphatic carbocycles. The van der Waals surface area contributed by atoms with Gasteiger partial charge < -0.3 is 15.4 Å². The lowest BCUT2D eigenvalue weighted by atomic mass is 10.00. The van der Waals surface area contributed by atoms with Gasteiger partial charge in [-0.25, -0.2) is 0 Å². The van der Waals surface area contributed by atoms with Crippen LogP contribution in [0.4, 0.5) is 0 Å². The van der Waals surface area contributed by atoms with Gasteiger partial charge in [-0.3, -0.25) is 4.99 Å². The van der Waals surface area contributed by atoms with Crippen molar-refractivity contribution in [1.82, 2.24) is 4.90 Å². The summed E-state index contributed by atoms with van der Waals surface area (Å²) in [5.41, 5.74) is 9.66. The standard InChI is InChI=1S/C14H21N3O.HI/c1-10-4-5-12(11(2)8-10)13-9-17(6-7-18-13)14(15)16-3;/h4-5,8,13H,6-7,9H2,1-3H3,(H2,15,16);1H. The molecule has 1 heterocycles. The number of halogens is 1. The summed E-state index contributed by atoms with van der Waals surface area (Å²) in [6, 6.07) is 6.47. The fraction of sp³-hybridized carbons (Fsp3) is 0.500. The molecule has 0 amide bonds. The van der Waals surface area contributed by atoms with Crippen LogP contribution in [0, 0.1) is 13.8 Å². The van der Waals surface area contributed by atoms with E-state index in [0.717, 1.165) is 13.1 Å². The van der Waals surface area contributed by atoms with Crippen molar-refractivity contribution in [3.63, 3.8) is 0 Å². The molecule has 1 atom stereocenters. The van der Waals surface area contributed by atoms with Crippen molar-refractivity contribution >= 4 is 29.9 Å². The number of nitrogens with two attached hydrogens (primary N) is 1. The van der Waals surface area contributed by atoms with Crippen LogP contribution in [-0.2, 0) is 4.74 Å². The van der Waals surface area contributed by atoms with Gasteiger partial charge in [0.1, 0.15) is 6.10 Å². The zero-order valence-corrected chi connectivity index (χ0v) is 14.0. The molecule has 1 aliphatic rings. The summed E-state index contributed by atoms with van der Waals surface area (Å²) in [5.74, 6) is 0.591. The van der Waals surface area contributed by atoms with Crippen LogP contribution in [0.5, 0.6) is 0 Å². The summed E-state index contributed by atoms with van der Waals surface area (Å²) < 4.78 is 5.86. The molecule has 19 heavy (non-hydrogen) atoms. The minimum absolute atomic E-state index is 0. The topological polar surface area (TPSA) is 50.8 Å². The maximum absolute atomic E-state index is 5.87. The predicted molar refractivity (Wildman–Crippen MR) is 89.1 cm³/mol. The molecule has 1 aromatic rings. The van der Waals surface area contributed by atoms with Crippen LogP contribution in [0.3, 0.4) is 0 Å². The lowest BCUT2D eigenvalue weighted by Crippen LogP contribution is -2.46. The molecule has 4 nitrogen and oxygen atoms in total. The molecular formula is C14H22IN3O. The number of aryl methyl sites for hydroxylation is 2. The Bertz CT molecular complexity index is 462. The van der Waals surface area contributed by atoms with Crippen LogP contribution >= 0.6 is 24.0 Å². The first-order valence-corrected chi connectivity index (χ1v) is 6.27. The number of rotatable bonds is 1. The van der Waals surface area contributed by atoms with E-state index in [2.05, 4.69) is 41.9 Å². The van der Waals surface area contributed by atoms with Crippen molar-refractivity contribution in [2.24, 2.45) is 10.7 Å². The smallest absolute Gasteiger partial charge is 0.191 e. The number of guanidine groups is 1. The van der Waals surface area contributed by atoms with Crippen molar-refractivity contribution in [3.8, 4) is 0 Å². The monoisotopic (exact) mass is 375 g/mol. The van der Waals surface area contributed by atoms with Gasteiger partial charge >= 0.3 is 0 Å². The number of morpholine rings is 1. The number of benzene rings is 1. The molecule has 1 unspecified atom stereocenters. The number of nitrogens with zero attached hydrogens (tertiary/aromatic N) is 2. The van der Waals surface area contributed by atoms with E-state index >= 15 is 0 Å². The molecule has 0 saturated carbocycles. The molecule has 2 N–H and O–H groups in total. The highest BCUT2D eigenvalue weighted by molar-refractivity contribution is 14.0. The zero-order valence-electron chi connectivity index (χ0n) is 11.7. The summed E-state index contributed by atoms with van der Waals surface area (Å²) in [6.45, 7) is 6.50. The second-order valence-electron chi connectivity index (χ2n) is 4.75. The van der Waals surface area contributed by atoms with Gasteiger partial charge in [0.25, 0.3) is 0 Å². The molecule has 2 rings (SSSR count). The van der Waals surface area contributed by atoms with Crippen LogP contribution in [0.25, 0.3) is 0 Å². The highest BCUT2D eigenvalue weighted by atomic mass is 127. The van der Waals surface area contributed by atoms with Gasteiger partial charge in [0.05, 0.1) is 13.2 Å². The van der Waals surface area contributed by atoms with Gasteiger partial charge in [-0.05, 0) is 25.0 Å². The van der Waals surface area contributed by atoms with Crippen LogP contribution in [0.2, 0.25) is 0 Å². The second kappa shape index (κ2) is 7.09. The van der Waals surface area contributed by atoms with E-state index < -0.39 is 0 Å². The van der Waals surface area contributed by atoms with E-state index in [-0.39, 0.29) is 30.1 Å². The first kappa shape index (κ1) is 16.2. The fourth-order valence-corrected chi connectivity index (χ4v) is 2.37. The van der Waals surface area contributed by atoms with Gasteiger partial charge in [0.2, 0.25) is 0 Å². The molecule has 1 saturated heterocycles. The minimum atomic E-state index is 0. The highest BCUT2D eigenvalue weighted by Gasteiger charge is 2.24. The molecular weight excluding hydrogens is 353 g/mol. The van der Waals surface area contributed by atoms with Crippen LogP contribution < -0.4 is 5.73 Å². The third-order valence-corrected chi connectivity index (χ3v) is 3.39. The molecule has 1 aliphatic heterocycles. The SMILES string of the molecule is CN=C(N)N1CCOC(c2ccc(C)cc2C)C1.I. The number of hydrogen-bond acceptors (Lipinski definition) is 2. The van der Waals surface area contributed by atoms with Gasteiger partial charge in [-0.2, -0.15) is 0 Å². The third-order valence-electron chi connectivity index (χ3n) is 3.39. The largest absolute Gasteiger partial charge is 0.370 e. The quantitative estimate of drug-likeness (QED) is 0.465. The molecule has 1 fully saturated rings. The lowest BCUT2D eigenvalue weighted by Gasteiger charge is -2.34. The molecule has 1 aromatic carbocycles. The summed E-state index contributed by atoms with van der Waals surface area (Å²) in [7, 11) is 1.72. The Balaban J connectivity index is 0.00000180. The maximum atomic E-state index is 5.87. The Morgan fingerprint density at radius 2 is 2.16 bits per heavy atom. The minimum Gasteiger partial charge on any atom is -0.370 e. The fourth-order valence-electron chi connectivity index (χ4n) is 2.37. The third kappa shape index (κ3) is 3.82. The second-order valence-corrected chi connectivity index (χ2v) is 4.75. The first-order chi connectivity index (χ1) is 8.61. The van der Waals surface area contributed by atoms with E-state index in [1.165, 1.54) is 16.7 Å². The molecule has 0 radical (unpaired) electrons. The van der Waals surface area contributed by atoms with Crippen molar-refractivity contribution < 1.29 is 4.74 Å². The van der Waals surface area contributed by atoms with Crippen LogP contribution in [0.15, 0.2) is 23.2 Å². The summed E-state index contributed by atoms with van der Waals surface area (Å²) in [4.78, 5) is 6.12. The van der Waals surface area contributed by atoms with Crippen molar-refractivity contribution in [2.75, 3.05) is 26.7 Å². The average molecular weight is 375 g/mol. The summed E-state index contributed by atoms with van der Waals surface area (Å²) in [5, 5.41) is 0. The van der Waals surface area contributed by atoms with E-state index in [1.54, 1.807) is 7.05 Å². The number of aliphatic imine (C=N–C) groups is 1. The van der Waals surface area contributed by atoms with E-state index in [1.807, 2.05) is 0 Å². The van der Waals surface area contributed by atoms with Crippen LogP contribution in [-0.4, -0.2) is 37.6 Å². The van der Waals surface area contributed by atoms with Crippen molar-refractivity contribution in [1.29, 1.82) is 0 Å². The van der Waals surface area contributed by atoms with E-state index in [9.17, 15) is 0 Å². The number of ether oxygens (including phenoxy) is 1. The number of hydrogen-bond donors (Lipinski definition) is 1. The summed E-state index contributed by atoms with van der Waals surface area (Å²) >= 11 is 0. The van der Waals surface area contributed by atoms with E-state index in [4.69, 9.17) is 10.5 Å². The molecule has 106 valence electrons. The van der Waals surface area contributed by atoms with Crippen LogP contribution in [0.1, 0.15) is 22.8 Å². The van der Waals surface area contributed by atoms with Gasteiger partial charge in [-0.1, -0.05) is 23.8 Å². The Hall–Kier alpha value is -0.820. The van der Waals surface area contributed by atoms with Gasteiger partial charge in [0.15, 0.2) is 5.96 Å². The molecule has 0 spiro atoms. The molecule has 0 bridgehead atoms. The van der Waals surface area contributed by atoms with E-state index in [0.29, 0.717) is 12.6 Å². The Morgan fingerprint density at radius 1 is 1.42 bits per heavy atom. The predicted octanol–water partition coefficient (Wildman–Crippen LogP) is 2.24. The Morgan fingerprint density at radius 3 is 2.79 bits per heavy atom. The Labute approximate surface area is 132 Å². The lowest BCUT2D eigenvalue weighted by molar-refractivity contribution is -0.00763. The zero-order chi connectivity index (χ0) is 13.1. The van der Waals surface area contributed by atoms with Crippen molar-refractivity contribution in [3.05, 3.63) is 34.9 Å². The van der Waals surface area contributed by atoms with Gasteiger partial charge in [-0.15, -0.1) is 24.0 Å². The average Bonchev–Trinajstić information content (AvgIpc) is 2.38. The first-order valence-electron chi connectivity index (χ1n) is 6.27.